The van der Waals surface area contributed by atoms with Gasteiger partial charge in [0.25, 0.3) is 0 Å². The first-order chi connectivity index (χ1) is 16.1. The van der Waals surface area contributed by atoms with Crippen molar-refractivity contribution in [1.82, 2.24) is 19.7 Å². The molecule has 0 saturated carbocycles. The fourth-order valence-electron chi connectivity index (χ4n) is 4.32. The van der Waals surface area contributed by atoms with Crippen molar-refractivity contribution in [2.45, 2.75) is 12.6 Å². The van der Waals surface area contributed by atoms with Crippen LogP contribution in [0.25, 0.3) is 22.4 Å². The van der Waals surface area contributed by atoms with Crippen LogP contribution in [0.4, 0.5) is 4.39 Å². The molecule has 2 aromatic heterocycles. The van der Waals surface area contributed by atoms with Crippen molar-refractivity contribution in [3.8, 4) is 22.4 Å². The van der Waals surface area contributed by atoms with Gasteiger partial charge in [-0.15, -0.1) is 0 Å². The summed E-state index contributed by atoms with van der Waals surface area (Å²) in [6.07, 6.45) is 4.69. The summed E-state index contributed by atoms with van der Waals surface area (Å²) in [5, 5.41) is 5.23. The smallest absolute Gasteiger partial charge is 0.246 e. The van der Waals surface area contributed by atoms with Crippen LogP contribution in [-0.2, 0) is 11.3 Å². The Labute approximate surface area is 195 Å². The van der Waals surface area contributed by atoms with Gasteiger partial charge in [0.1, 0.15) is 11.5 Å². The van der Waals surface area contributed by atoms with Crippen LogP contribution < -0.4 is 0 Å². The van der Waals surface area contributed by atoms with E-state index >= 15 is 4.39 Å². The van der Waals surface area contributed by atoms with Crippen molar-refractivity contribution in [2.75, 3.05) is 6.54 Å². The van der Waals surface area contributed by atoms with E-state index < -0.39 is 5.82 Å². The Balaban J connectivity index is 1.79. The third-order valence-corrected chi connectivity index (χ3v) is 6.10. The van der Waals surface area contributed by atoms with Crippen LogP contribution in [-0.4, -0.2) is 32.1 Å². The largest absolute Gasteiger partial charge is 0.331 e. The zero-order chi connectivity index (χ0) is 22.9. The molecule has 1 unspecified atom stereocenters. The molecule has 3 heterocycles. The maximum Gasteiger partial charge on any atom is 0.246 e. The molecule has 0 bridgehead atoms. The van der Waals surface area contributed by atoms with E-state index in [1.54, 1.807) is 29.4 Å². The fourth-order valence-corrected chi connectivity index (χ4v) is 4.48. The van der Waals surface area contributed by atoms with Crippen LogP contribution in [0.3, 0.4) is 0 Å². The Kier molecular flexibility index (Phi) is 5.52. The molecule has 0 N–H and O–H groups in total. The number of rotatable bonds is 4. The molecule has 2 aromatic carbocycles. The monoisotopic (exact) mass is 458 g/mol. The Hall–Kier alpha value is -3.77. The molecular weight excluding hydrogens is 439 g/mol. The third kappa shape index (κ3) is 3.83. The summed E-state index contributed by atoms with van der Waals surface area (Å²) in [5.41, 5.74) is 4.28. The van der Waals surface area contributed by atoms with Crippen LogP contribution in [0.5, 0.6) is 0 Å². The molecule has 0 saturated heterocycles. The molecule has 7 heteroatoms. The van der Waals surface area contributed by atoms with Gasteiger partial charge in [-0.2, -0.15) is 5.10 Å². The summed E-state index contributed by atoms with van der Waals surface area (Å²) >= 11 is 6.01. The lowest BCUT2D eigenvalue weighted by Gasteiger charge is -2.34. The Bertz CT molecular complexity index is 1340. The van der Waals surface area contributed by atoms with E-state index in [0.717, 1.165) is 22.4 Å². The van der Waals surface area contributed by atoms with Crippen molar-refractivity contribution in [3.63, 3.8) is 0 Å². The summed E-state index contributed by atoms with van der Waals surface area (Å²) < 4.78 is 17.0. The van der Waals surface area contributed by atoms with Gasteiger partial charge in [0, 0.05) is 35.1 Å². The number of halogens is 2. The summed E-state index contributed by atoms with van der Waals surface area (Å²) in [6.45, 7) is 4.42. The average molecular weight is 459 g/mol. The topological polar surface area (TPSA) is 51.0 Å². The number of fused-ring (bicyclic) bond motifs is 1. The molecule has 164 valence electrons. The molecule has 4 aromatic rings. The first-order valence-corrected chi connectivity index (χ1v) is 10.9. The average Bonchev–Trinajstić information content (AvgIpc) is 3.23. The molecule has 33 heavy (non-hydrogen) atoms. The molecule has 5 nitrogen and oxygen atoms in total. The number of aromatic nitrogens is 3. The van der Waals surface area contributed by atoms with Crippen LogP contribution in [0.1, 0.15) is 17.3 Å². The van der Waals surface area contributed by atoms with Crippen LogP contribution in [0.2, 0.25) is 5.02 Å². The highest BCUT2D eigenvalue weighted by atomic mass is 35.5. The number of carbonyl (C=O) groups excluding carboxylic acids is 1. The molecule has 0 fully saturated rings. The first kappa shape index (κ1) is 21.1. The van der Waals surface area contributed by atoms with Crippen molar-refractivity contribution in [3.05, 3.63) is 108 Å². The predicted molar refractivity (Wildman–Crippen MR) is 126 cm³/mol. The van der Waals surface area contributed by atoms with E-state index in [-0.39, 0.29) is 11.9 Å². The molecule has 1 aliphatic rings. The summed E-state index contributed by atoms with van der Waals surface area (Å²) in [4.78, 5) is 18.5. The van der Waals surface area contributed by atoms with Crippen LogP contribution in [0.15, 0.2) is 85.7 Å². The number of hydrogen-bond donors (Lipinski definition) is 0. The van der Waals surface area contributed by atoms with Gasteiger partial charge in [-0.3, -0.25) is 14.5 Å². The molecule has 0 radical (unpaired) electrons. The molecular formula is C26H20ClFN4O. The predicted octanol–water partition coefficient (Wildman–Crippen LogP) is 5.52. The summed E-state index contributed by atoms with van der Waals surface area (Å²) in [5.74, 6) is -0.619. The Morgan fingerprint density at radius 3 is 2.58 bits per heavy atom. The Morgan fingerprint density at radius 1 is 1.12 bits per heavy atom. The second-order valence-electron chi connectivity index (χ2n) is 7.82. The second-order valence-corrected chi connectivity index (χ2v) is 8.26. The van der Waals surface area contributed by atoms with E-state index in [4.69, 9.17) is 16.7 Å². The summed E-state index contributed by atoms with van der Waals surface area (Å²) in [7, 11) is 0. The van der Waals surface area contributed by atoms with E-state index in [1.807, 2.05) is 47.1 Å². The highest BCUT2D eigenvalue weighted by Crippen LogP contribution is 2.40. The highest BCUT2D eigenvalue weighted by Gasteiger charge is 2.34. The van der Waals surface area contributed by atoms with Gasteiger partial charge in [0.15, 0.2) is 0 Å². The number of carbonyl (C=O) groups is 1. The first-order valence-electron chi connectivity index (χ1n) is 10.5. The van der Waals surface area contributed by atoms with Gasteiger partial charge in [-0.05, 0) is 47.5 Å². The molecule has 1 amide bonds. The number of hydrogen-bond acceptors (Lipinski definition) is 3. The summed E-state index contributed by atoms with van der Waals surface area (Å²) in [6, 6.07) is 17.9. The van der Waals surface area contributed by atoms with E-state index in [1.165, 1.54) is 12.1 Å². The zero-order valence-corrected chi connectivity index (χ0v) is 18.4. The van der Waals surface area contributed by atoms with Gasteiger partial charge in [0.05, 0.1) is 18.3 Å². The standard InChI is InChI=1S/C26H20ClFN4O/c1-2-24(33)31-15-22(17-6-4-3-5-7-17)32-23(16-31)25(18-10-12-29-13-11-18)26(30-32)20-9-8-19(27)14-21(20)28/h2-14,22H,1,15-16H2. The van der Waals surface area contributed by atoms with E-state index in [2.05, 4.69) is 11.6 Å². The van der Waals surface area contributed by atoms with Gasteiger partial charge in [-0.25, -0.2) is 4.39 Å². The lowest BCUT2D eigenvalue weighted by molar-refractivity contribution is -0.127. The van der Waals surface area contributed by atoms with Crippen molar-refractivity contribution in [1.29, 1.82) is 0 Å². The maximum atomic E-state index is 15.1. The molecule has 1 aliphatic heterocycles. The van der Waals surface area contributed by atoms with Crippen molar-refractivity contribution < 1.29 is 9.18 Å². The maximum absolute atomic E-state index is 15.1. The lowest BCUT2D eigenvalue weighted by Crippen LogP contribution is -2.41. The lowest BCUT2D eigenvalue weighted by atomic mass is 9.97. The van der Waals surface area contributed by atoms with Crippen LogP contribution >= 0.6 is 11.6 Å². The van der Waals surface area contributed by atoms with Crippen LogP contribution in [0, 0.1) is 5.82 Å². The third-order valence-electron chi connectivity index (χ3n) is 5.86. The van der Waals surface area contributed by atoms with E-state index in [9.17, 15) is 4.79 Å². The number of amides is 1. The number of benzene rings is 2. The van der Waals surface area contributed by atoms with Gasteiger partial charge in [-0.1, -0.05) is 48.5 Å². The minimum absolute atomic E-state index is 0.164. The number of nitrogens with zero attached hydrogens (tertiary/aromatic N) is 4. The SMILES string of the molecule is C=CC(=O)N1Cc2c(-c3ccncc3)c(-c3ccc(Cl)cc3F)nn2C(c2ccccc2)C1. The van der Waals surface area contributed by atoms with Gasteiger partial charge in [0.2, 0.25) is 5.91 Å². The van der Waals surface area contributed by atoms with E-state index in [0.29, 0.717) is 29.4 Å². The normalized spacial score (nSPS) is 15.2. The second kappa shape index (κ2) is 8.64. The van der Waals surface area contributed by atoms with Gasteiger partial charge < -0.3 is 4.90 Å². The quantitative estimate of drug-likeness (QED) is 0.378. The van der Waals surface area contributed by atoms with Gasteiger partial charge >= 0.3 is 0 Å². The highest BCUT2D eigenvalue weighted by molar-refractivity contribution is 6.30. The molecule has 0 spiro atoms. The molecule has 1 atom stereocenters. The molecule has 5 rings (SSSR count). The fraction of sp³-hybridized carbons (Fsp3) is 0.115. The number of pyridine rings is 1. The Morgan fingerprint density at radius 2 is 1.88 bits per heavy atom. The minimum atomic E-state index is -0.455. The zero-order valence-electron chi connectivity index (χ0n) is 17.7. The minimum Gasteiger partial charge on any atom is -0.331 e. The van der Waals surface area contributed by atoms with Crippen molar-refractivity contribution >= 4 is 17.5 Å². The van der Waals surface area contributed by atoms with Crippen molar-refractivity contribution in [2.24, 2.45) is 0 Å². The molecule has 0 aliphatic carbocycles.